The van der Waals surface area contributed by atoms with Crippen molar-refractivity contribution in [1.82, 2.24) is 29.9 Å². The predicted molar refractivity (Wildman–Crippen MR) is 119 cm³/mol. The Hall–Kier alpha value is -4.50. The summed E-state index contributed by atoms with van der Waals surface area (Å²) in [5, 5.41) is 21.7. The number of carbonyl (C=O) groups is 2. The van der Waals surface area contributed by atoms with Gasteiger partial charge in [-0.2, -0.15) is 4.52 Å². The summed E-state index contributed by atoms with van der Waals surface area (Å²) in [4.78, 5) is 50.2. The van der Waals surface area contributed by atoms with Crippen LogP contribution in [0.15, 0.2) is 33.9 Å². The molecular formula is C19H16ClFN8O6. The minimum atomic E-state index is -1.28. The third kappa shape index (κ3) is 5.36. The van der Waals surface area contributed by atoms with E-state index in [1.54, 1.807) is 12.1 Å². The molecule has 4 aromatic rings. The molecular weight excluding hydrogens is 491 g/mol. The van der Waals surface area contributed by atoms with Crippen LogP contribution in [-0.2, 0) is 17.8 Å². The molecule has 0 aliphatic rings. The molecule has 0 fully saturated rings. The summed E-state index contributed by atoms with van der Waals surface area (Å²) in [6.45, 7) is 0.452. The zero-order valence-corrected chi connectivity index (χ0v) is 18.5. The van der Waals surface area contributed by atoms with Crippen LogP contribution in [0.5, 0.6) is 0 Å². The summed E-state index contributed by atoms with van der Waals surface area (Å²) in [7, 11) is 1.17. The summed E-state index contributed by atoms with van der Waals surface area (Å²) in [5.74, 6) is -2.53. The molecule has 2 aromatic carbocycles. The fourth-order valence-corrected chi connectivity index (χ4v) is 2.97. The molecule has 182 valence electrons. The molecule has 0 bridgehead atoms. The summed E-state index contributed by atoms with van der Waals surface area (Å²) in [6, 6.07) is 5.56. The summed E-state index contributed by atoms with van der Waals surface area (Å²) in [5.41, 5.74) is 4.65. The normalized spacial score (nSPS) is 10.6. The quantitative estimate of drug-likeness (QED) is 0.146. The lowest BCUT2D eigenvalue weighted by Crippen LogP contribution is -2.37. The number of nitrogens with one attached hydrogen (secondary N) is 2. The van der Waals surface area contributed by atoms with Crippen molar-refractivity contribution in [2.24, 2.45) is 0 Å². The molecule has 14 nitrogen and oxygen atoms in total. The zero-order valence-electron chi connectivity index (χ0n) is 17.8. The number of nitrogen functional groups attached to an aromatic ring is 1. The largest absolute Gasteiger partial charge is 0.477 e. The number of hydrogen-bond donors (Lipinski definition) is 4. The Kier molecular flexibility index (Phi) is 7.62. The van der Waals surface area contributed by atoms with E-state index < -0.39 is 28.6 Å². The Balaban J connectivity index is 0.000000198. The maximum Gasteiger partial charge on any atom is 0.357 e. The van der Waals surface area contributed by atoms with Gasteiger partial charge in [0, 0.05) is 24.7 Å². The fraction of sp³-hybridized carbons (Fsp3) is 0.158. The number of nitrogens with zero attached hydrogens (tertiary/aromatic N) is 5. The molecule has 16 heteroatoms. The average molecular weight is 507 g/mol. The zero-order chi connectivity index (χ0) is 25.7. The van der Waals surface area contributed by atoms with Crippen molar-refractivity contribution in [2.75, 3.05) is 18.2 Å². The number of aromatic carboxylic acids is 1. The number of carboxylic acid groups (broad SMARTS) is 1. The molecule has 0 saturated carbocycles. The molecule has 0 radical (unpaired) electrons. The Bertz CT molecular complexity index is 1480. The molecule has 0 saturated heterocycles. The maximum atomic E-state index is 13.6. The van der Waals surface area contributed by atoms with Gasteiger partial charge in [0.25, 0.3) is 16.6 Å². The number of carboxylic acids is 1. The van der Waals surface area contributed by atoms with Gasteiger partial charge in [0.05, 0.1) is 7.11 Å². The molecule has 35 heavy (non-hydrogen) atoms. The third-order valence-corrected chi connectivity index (χ3v) is 4.71. The first-order chi connectivity index (χ1) is 16.7. The molecule has 5 N–H and O–H groups in total. The first-order valence-electron chi connectivity index (χ1n) is 9.52. The lowest BCUT2D eigenvalue weighted by molar-refractivity contribution is 0.0590. The van der Waals surface area contributed by atoms with Gasteiger partial charge in [-0.1, -0.05) is 11.2 Å². The number of rotatable bonds is 7. The van der Waals surface area contributed by atoms with Crippen molar-refractivity contribution < 1.29 is 23.8 Å². The highest BCUT2D eigenvalue weighted by Crippen LogP contribution is 2.15. The van der Waals surface area contributed by atoms with Crippen molar-refractivity contribution in [1.29, 1.82) is 0 Å². The monoisotopic (exact) mass is 506 g/mol. The van der Waals surface area contributed by atoms with Crippen molar-refractivity contribution in [3.05, 3.63) is 73.0 Å². The van der Waals surface area contributed by atoms with Gasteiger partial charge in [-0.15, -0.1) is 0 Å². The van der Waals surface area contributed by atoms with Gasteiger partial charge in [0.1, 0.15) is 17.2 Å². The van der Waals surface area contributed by atoms with E-state index in [-0.39, 0.29) is 35.1 Å². The number of anilines is 2. The first-order valence-corrected chi connectivity index (χ1v) is 9.89. The predicted octanol–water partition coefficient (Wildman–Crippen LogP) is -0.136. The van der Waals surface area contributed by atoms with E-state index in [9.17, 15) is 23.6 Å². The van der Waals surface area contributed by atoms with Crippen LogP contribution in [0.2, 0.25) is 0 Å². The smallest absolute Gasteiger partial charge is 0.357 e. The highest BCUT2D eigenvalue weighted by atomic mass is 35.5. The molecule has 0 aliphatic heterocycles. The van der Waals surface area contributed by atoms with Crippen LogP contribution < -0.4 is 26.7 Å². The van der Waals surface area contributed by atoms with Crippen LogP contribution in [0, 0.1) is 5.82 Å². The number of aromatic nitrogens is 5. The van der Waals surface area contributed by atoms with Crippen molar-refractivity contribution in [3.8, 4) is 0 Å². The van der Waals surface area contributed by atoms with Gasteiger partial charge in [-0.3, -0.25) is 9.59 Å². The van der Waals surface area contributed by atoms with E-state index in [0.717, 1.165) is 16.1 Å². The standard InChI is InChI=1S/C12H11ClFN3O2.C7H5N5O4/c13-17-4-6-1-2-8(14)7(3-6)5-16-10-9(15)11(18)12(10)19;1-16-6(15)4-2-3(5(13)14)8-7-9-10-11-12(4)7/h1-3,16-17H,4-5,15H2;2H,1H3,(H,13,14). The second-order valence-electron chi connectivity index (χ2n) is 6.75. The van der Waals surface area contributed by atoms with Gasteiger partial charge >= 0.3 is 11.9 Å². The third-order valence-electron chi connectivity index (χ3n) is 4.57. The van der Waals surface area contributed by atoms with Crippen LogP contribution in [0.3, 0.4) is 0 Å². The number of tetrazole rings is 1. The van der Waals surface area contributed by atoms with Crippen LogP contribution in [-0.4, -0.2) is 49.2 Å². The molecule has 2 heterocycles. The average Bonchev–Trinajstić information content (AvgIpc) is 3.34. The number of fused-ring (bicyclic) bond motifs is 1. The van der Waals surface area contributed by atoms with Crippen molar-refractivity contribution >= 4 is 40.9 Å². The van der Waals surface area contributed by atoms with E-state index in [0.29, 0.717) is 12.1 Å². The Morgan fingerprint density at radius 1 is 1.23 bits per heavy atom. The fourth-order valence-electron chi connectivity index (χ4n) is 2.82. The van der Waals surface area contributed by atoms with Crippen LogP contribution in [0.4, 0.5) is 15.8 Å². The minimum absolute atomic E-state index is 0.0465. The van der Waals surface area contributed by atoms with Crippen molar-refractivity contribution in [3.63, 3.8) is 0 Å². The van der Waals surface area contributed by atoms with E-state index >= 15 is 0 Å². The summed E-state index contributed by atoms with van der Waals surface area (Å²) in [6.07, 6.45) is 0. The van der Waals surface area contributed by atoms with Gasteiger partial charge in [-0.05, 0) is 39.9 Å². The summed E-state index contributed by atoms with van der Waals surface area (Å²) < 4.78 is 19.0. The number of hydrogen-bond acceptors (Lipinski definition) is 12. The number of benzene rings is 1. The second kappa shape index (κ2) is 10.6. The van der Waals surface area contributed by atoms with E-state index in [1.807, 2.05) is 0 Å². The van der Waals surface area contributed by atoms with E-state index in [1.165, 1.54) is 13.2 Å². The van der Waals surface area contributed by atoms with Gasteiger partial charge < -0.3 is 20.9 Å². The number of nitrogens with two attached hydrogens (primary N) is 1. The minimum Gasteiger partial charge on any atom is -0.477 e. The molecule has 4 rings (SSSR count). The number of methoxy groups -OCH3 is 1. The van der Waals surface area contributed by atoms with Crippen LogP contribution in [0.25, 0.3) is 5.78 Å². The Morgan fingerprint density at radius 2 is 1.97 bits per heavy atom. The SMILES string of the molecule is COC(=O)c1cc(C(=O)O)nc2nnnn12.Nc1c(NCc2cc(CNCl)ccc2F)c(=O)c1=O. The van der Waals surface area contributed by atoms with Crippen molar-refractivity contribution in [2.45, 2.75) is 13.1 Å². The highest BCUT2D eigenvalue weighted by molar-refractivity contribution is 6.13. The molecule has 0 aliphatic carbocycles. The first kappa shape index (κ1) is 25.1. The number of carbonyl (C=O) groups excluding carboxylic acids is 1. The van der Waals surface area contributed by atoms with Gasteiger partial charge in [0.15, 0.2) is 11.4 Å². The number of esters is 1. The lowest BCUT2D eigenvalue weighted by Gasteiger charge is -2.11. The molecule has 2 aromatic heterocycles. The molecule has 0 amide bonds. The topological polar surface area (TPSA) is 204 Å². The summed E-state index contributed by atoms with van der Waals surface area (Å²) >= 11 is 5.38. The molecule has 0 unspecified atom stereocenters. The van der Waals surface area contributed by atoms with E-state index in [4.69, 9.17) is 22.6 Å². The molecule has 0 spiro atoms. The maximum absolute atomic E-state index is 13.6. The number of halogens is 2. The van der Waals surface area contributed by atoms with Crippen LogP contribution >= 0.6 is 11.8 Å². The Labute approximate surface area is 199 Å². The Morgan fingerprint density at radius 3 is 2.60 bits per heavy atom. The van der Waals surface area contributed by atoms with Gasteiger partial charge in [-0.25, -0.2) is 23.8 Å². The second-order valence-corrected chi connectivity index (χ2v) is 7.02. The molecule has 0 atom stereocenters. The van der Waals surface area contributed by atoms with Gasteiger partial charge in [0.2, 0.25) is 0 Å². The van der Waals surface area contributed by atoms with Crippen LogP contribution in [0.1, 0.15) is 32.1 Å². The number of ether oxygens (including phenoxy) is 1. The lowest BCUT2D eigenvalue weighted by atomic mass is 10.1. The van der Waals surface area contributed by atoms with E-state index in [2.05, 4.69) is 35.4 Å². The highest BCUT2D eigenvalue weighted by Gasteiger charge is 2.19.